The van der Waals surface area contributed by atoms with Crippen LogP contribution in [0, 0.1) is 0 Å². The van der Waals surface area contributed by atoms with E-state index in [0.717, 1.165) is 38.5 Å². The fraction of sp³-hybridized carbons (Fsp3) is 0.950. The number of carbonyl (C=O) groups is 2. The zero-order valence-corrected chi connectivity index (χ0v) is 31.9. The first-order valence-electron chi connectivity index (χ1n) is 20.6. The smallest absolute Gasteiger partial charge is 0.306 e. The van der Waals surface area contributed by atoms with Crippen LogP contribution in [0.5, 0.6) is 0 Å². The molecule has 1 heterocycles. The minimum atomic E-state index is -1.59. The number of esters is 2. The van der Waals surface area contributed by atoms with E-state index in [9.17, 15) is 30.0 Å². The number of hydrogen-bond acceptors (Lipinski definition) is 10. The van der Waals surface area contributed by atoms with Crippen LogP contribution in [0.15, 0.2) is 0 Å². The first-order valence-corrected chi connectivity index (χ1v) is 20.6. The first-order chi connectivity index (χ1) is 24.3. The second-order valence-electron chi connectivity index (χ2n) is 14.5. The highest BCUT2D eigenvalue weighted by atomic mass is 16.7. The molecular weight excluding hydrogens is 640 g/mol. The van der Waals surface area contributed by atoms with Crippen LogP contribution in [0.25, 0.3) is 0 Å². The van der Waals surface area contributed by atoms with Crippen LogP contribution >= 0.6 is 0 Å². The second-order valence-corrected chi connectivity index (χ2v) is 14.5. The third-order valence-electron chi connectivity index (χ3n) is 9.74. The topological polar surface area (TPSA) is 152 Å². The molecule has 10 nitrogen and oxygen atoms in total. The number of rotatable bonds is 34. The largest absolute Gasteiger partial charge is 0.462 e. The van der Waals surface area contributed by atoms with Crippen molar-refractivity contribution < 1.29 is 49.0 Å². The third kappa shape index (κ3) is 24.0. The summed E-state index contributed by atoms with van der Waals surface area (Å²) in [6, 6.07) is 0. The molecule has 296 valence electrons. The summed E-state index contributed by atoms with van der Waals surface area (Å²) >= 11 is 0. The maximum atomic E-state index is 12.7. The number of hydrogen-bond donors (Lipinski definition) is 4. The molecule has 6 atom stereocenters. The number of aliphatic hydroxyl groups is 4. The molecule has 1 saturated heterocycles. The average Bonchev–Trinajstić information content (AvgIpc) is 3.11. The lowest BCUT2D eigenvalue weighted by molar-refractivity contribution is -0.305. The Balaban J connectivity index is 2.31. The zero-order chi connectivity index (χ0) is 36.7. The molecule has 0 radical (unpaired) electrons. The summed E-state index contributed by atoms with van der Waals surface area (Å²) in [6.45, 7) is 3.40. The quantitative estimate of drug-likeness (QED) is 0.0383. The van der Waals surface area contributed by atoms with Crippen LogP contribution in [0.1, 0.15) is 187 Å². The van der Waals surface area contributed by atoms with E-state index in [1.54, 1.807) is 0 Å². The Hall–Kier alpha value is -1.30. The van der Waals surface area contributed by atoms with Gasteiger partial charge in [-0.3, -0.25) is 9.59 Å². The van der Waals surface area contributed by atoms with Crippen molar-refractivity contribution in [3.05, 3.63) is 0 Å². The number of carbonyl (C=O) groups excluding carboxylic acids is 2. The lowest BCUT2D eigenvalue weighted by Gasteiger charge is -2.39. The van der Waals surface area contributed by atoms with Crippen molar-refractivity contribution in [3.8, 4) is 0 Å². The molecule has 0 aromatic rings. The van der Waals surface area contributed by atoms with E-state index < -0.39 is 49.4 Å². The molecular formula is C40H76O10. The maximum Gasteiger partial charge on any atom is 0.306 e. The van der Waals surface area contributed by atoms with Crippen molar-refractivity contribution in [2.75, 3.05) is 19.8 Å². The summed E-state index contributed by atoms with van der Waals surface area (Å²) in [5, 5.41) is 39.9. The molecule has 0 bridgehead atoms. The van der Waals surface area contributed by atoms with Gasteiger partial charge in [0.05, 0.1) is 13.2 Å². The molecule has 50 heavy (non-hydrogen) atoms. The van der Waals surface area contributed by atoms with Gasteiger partial charge >= 0.3 is 11.9 Å². The molecule has 0 spiro atoms. The summed E-state index contributed by atoms with van der Waals surface area (Å²) in [7, 11) is 0. The molecule has 0 saturated carbocycles. The molecule has 4 N–H and O–H groups in total. The minimum Gasteiger partial charge on any atom is -0.462 e. The molecule has 0 amide bonds. The SMILES string of the molecule is CCCCCCCCCCCCCCCCCCCC(=O)OC(COC(=O)CCCCCCCCCC)COC1OC(CO)C(O)C(O)C1O. The van der Waals surface area contributed by atoms with Crippen molar-refractivity contribution in [3.63, 3.8) is 0 Å². The molecule has 10 heteroatoms. The van der Waals surface area contributed by atoms with E-state index in [4.69, 9.17) is 18.9 Å². The van der Waals surface area contributed by atoms with E-state index in [2.05, 4.69) is 13.8 Å². The lowest BCUT2D eigenvalue weighted by atomic mass is 9.99. The summed E-state index contributed by atoms with van der Waals surface area (Å²) in [6.07, 6.45) is 22.7. The van der Waals surface area contributed by atoms with Gasteiger partial charge in [-0.15, -0.1) is 0 Å². The third-order valence-corrected chi connectivity index (χ3v) is 9.74. The van der Waals surface area contributed by atoms with Crippen LogP contribution < -0.4 is 0 Å². The van der Waals surface area contributed by atoms with Gasteiger partial charge in [0.25, 0.3) is 0 Å². The van der Waals surface area contributed by atoms with E-state index >= 15 is 0 Å². The fourth-order valence-electron chi connectivity index (χ4n) is 6.42. The molecule has 6 unspecified atom stereocenters. The maximum absolute atomic E-state index is 12.7. The van der Waals surface area contributed by atoms with E-state index in [1.807, 2.05) is 0 Å². The molecule has 0 aromatic heterocycles. The van der Waals surface area contributed by atoms with Crippen molar-refractivity contribution in [2.45, 2.75) is 224 Å². The highest BCUT2D eigenvalue weighted by Crippen LogP contribution is 2.23. The zero-order valence-electron chi connectivity index (χ0n) is 31.9. The van der Waals surface area contributed by atoms with Gasteiger partial charge < -0.3 is 39.4 Å². The Morgan fingerprint density at radius 3 is 1.36 bits per heavy atom. The summed E-state index contributed by atoms with van der Waals surface area (Å²) in [5.41, 5.74) is 0. The van der Waals surface area contributed by atoms with Gasteiger partial charge in [-0.1, -0.05) is 162 Å². The molecule has 1 aliphatic rings. The van der Waals surface area contributed by atoms with Gasteiger partial charge in [0, 0.05) is 12.8 Å². The summed E-state index contributed by atoms with van der Waals surface area (Å²) in [4.78, 5) is 25.1. The Morgan fingerprint density at radius 1 is 0.540 bits per heavy atom. The van der Waals surface area contributed by atoms with E-state index in [1.165, 1.54) is 116 Å². The van der Waals surface area contributed by atoms with Crippen molar-refractivity contribution >= 4 is 11.9 Å². The van der Waals surface area contributed by atoms with Crippen LogP contribution in [-0.2, 0) is 28.5 Å². The molecule has 0 aromatic carbocycles. The highest BCUT2D eigenvalue weighted by molar-refractivity contribution is 5.70. The summed E-state index contributed by atoms with van der Waals surface area (Å²) in [5.74, 6) is -0.800. The number of unbranched alkanes of at least 4 members (excludes halogenated alkanes) is 23. The van der Waals surface area contributed by atoms with Gasteiger partial charge in [0.2, 0.25) is 0 Å². The van der Waals surface area contributed by atoms with Gasteiger partial charge in [-0.25, -0.2) is 0 Å². The monoisotopic (exact) mass is 717 g/mol. The Labute approximate surface area is 304 Å². The molecule has 0 aliphatic carbocycles. The van der Waals surface area contributed by atoms with Crippen LogP contribution in [0.4, 0.5) is 0 Å². The van der Waals surface area contributed by atoms with Gasteiger partial charge in [0.1, 0.15) is 31.0 Å². The van der Waals surface area contributed by atoms with E-state index in [0.29, 0.717) is 6.42 Å². The second kappa shape index (κ2) is 32.4. The van der Waals surface area contributed by atoms with Crippen molar-refractivity contribution in [1.29, 1.82) is 0 Å². The van der Waals surface area contributed by atoms with Gasteiger partial charge in [-0.05, 0) is 12.8 Å². The predicted molar refractivity (Wildman–Crippen MR) is 197 cm³/mol. The predicted octanol–water partition coefficient (Wildman–Crippen LogP) is 7.83. The Bertz CT molecular complexity index is 794. The minimum absolute atomic E-state index is 0.210. The van der Waals surface area contributed by atoms with Gasteiger partial charge in [0.15, 0.2) is 12.4 Å². The Kier molecular flexibility index (Phi) is 30.2. The van der Waals surface area contributed by atoms with Gasteiger partial charge in [-0.2, -0.15) is 0 Å². The fourth-order valence-corrected chi connectivity index (χ4v) is 6.42. The van der Waals surface area contributed by atoms with Crippen molar-refractivity contribution in [2.24, 2.45) is 0 Å². The van der Waals surface area contributed by atoms with Crippen LogP contribution in [-0.4, -0.2) is 89.0 Å². The normalized spacial score (nSPS) is 21.3. The molecule has 1 fully saturated rings. The van der Waals surface area contributed by atoms with Crippen LogP contribution in [0.2, 0.25) is 0 Å². The molecule has 1 aliphatic heterocycles. The van der Waals surface area contributed by atoms with Crippen LogP contribution in [0.3, 0.4) is 0 Å². The number of aliphatic hydroxyl groups excluding tert-OH is 4. The van der Waals surface area contributed by atoms with E-state index in [-0.39, 0.29) is 32.0 Å². The standard InChI is InChI=1S/C40H76O10/c1-3-5-7-9-11-13-14-15-16-17-18-19-20-21-23-25-27-29-36(43)49-33(31-47-35(42)28-26-24-22-12-10-8-6-4-2)32-48-40-39(46)38(45)37(44)34(30-41)50-40/h33-34,37-41,44-46H,3-32H2,1-2H3. The lowest BCUT2D eigenvalue weighted by Crippen LogP contribution is -2.59. The van der Waals surface area contributed by atoms with Crippen molar-refractivity contribution in [1.82, 2.24) is 0 Å². The summed E-state index contributed by atoms with van der Waals surface area (Å²) < 4.78 is 22.0. The number of ether oxygens (including phenoxy) is 4. The highest BCUT2D eigenvalue weighted by Gasteiger charge is 2.44. The first kappa shape index (κ1) is 46.7. The average molecular weight is 717 g/mol. The Morgan fingerprint density at radius 2 is 0.940 bits per heavy atom. The molecule has 1 rings (SSSR count).